The minimum atomic E-state index is 0.0961. The highest BCUT2D eigenvalue weighted by molar-refractivity contribution is 5.94. The molecule has 0 N–H and O–H groups in total. The summed E-state index contributed by atoms with van der Waals surface area (Å²) in [6.07, 6.45) is 2.22. The molecule has 29 heavy (non-hydrogen) atoms. The average molecular weight is 396 g/mol. The van der Waals surface area contributed by atoms with E-state index in [9.17, 15) is 4.79 Å². The molecule has 2 atom stereocenters. The summed E-state index contributed by atoms with van der Waals surface area (Å²) in [6.45, 7) is 10.8. The van der Waals surface area contributed by atoms with E-state index in [1.165, 1.54) is 0 Å². The van der Waals surface area contributed by atoms with Crippen LogP contribution < -0.4 is 9.80 Å². The second-order valence-corrected chi connectivity index (χ2v) is 7.95. The van der Waals surface area contributed by atoms with E-state index >= 15 is 0 Å². The van der Waals surface area contributed by atoms with Crippen molar-refractivity contribution in [2.24, 2.45) is 0 Å². The van der Waals surface area contributed by atoms with Crippen LogP contribution in [0.2, 0.25) is 0 Å². The second kappa shape index (κ2) is 8.37. The average Bonchev–Trinajstić information content (AvgIpc) is 2.73. The normalized spacial score (nSPS) is 22.7. The van der Waals surface area contributed by atoms with Gasteiger partial charge < -0.3 is 19.4 Å². The van der Waals surface area contributed by atoms with Crippen LogP contribution in [0.3, 0.4) is 0 Å². The zero-order valence-corrected chi connectivity index (χ0v) is 17.4. The molecule has 3 heterocycles. The van der Waals surface area contributed by atoms with Gasteiger partial charge in [0.15, 0.2) is 0 Å². The Kier molecular flexibility index (Phi) is 5.67. The molecular formula is C22H29N5O2. The number of hydrogen-bond donors (Lipinski definition) is 0. The number of amides is 1. The molecule has 1 aromatic heterocycles. The molecule has 2 aromatic rings. The van der Waals surface area contributed by atoms with Gasteiger partial charge in [-0.25, -0.2) is 9.97 Å². The predicted molar refractivity (Wildman–Crippen MR) is 114 cm³/mol. The molecule has 154 valence electrons. The molecule has 0 radical (unpaired) electrons. The van der Waals surface area contributed by atoms with Crippen LogP contribution in [0.15, 0.2) is 36.5 Å². The first-order valence-electron chi connectivity index (χ1n) is 10.3. The number of ether oxygens (including phenoxy) is 1. The summed E-state index contributed by atoms with van der Waals surface area (Å²) < 4.78 is 5.81. The summed E-state index contributed by atoms with van der Waals surface area (Å²) in [4.78, 5) is 28.0. The van der Waals surface area contributed by atoms with Crippen molar-refractivity contribution in [3.63, 3.8) is 0 Å². The molecule has 0 saturated carbocycles. The van der Waals surface area contributed by atoms with Crippen molar-refractivity contribution in [1.82, 2.24) is 14.9 Å². The molecule has 2 fully saturated rings. The molecule has 7 heteroatoms. The lowest BCUT2D eigenvalue weighted by Crippen LogP contribution is -2.49. The maximum atomic E-state index is 12.9. The molecule has 2 unspecified atom stereocenters. The lowest BCUT2D eigenvalue weighted by atomic mass is 10.1. The summed E-state index contributed by atoms with van der Waals surface area (Å²) in [5.41, 5.74) is 1.89. The third-order valence-electron chi connectivity index (χ3n) is 5.55. The van der Waals surface area contributed by atoms with Crippen LogP contribution in [0, 0.1) is 6.92 Å². The fraction of sp³-hybridized carbons (Fsp3) is 0.500. The molecular weight excluding hydrogens is 366 g/mol. The topological polar surface area (TPSA) is 61.8 Å². The number of nitrogens with zero attached hydrogens (tertiary/aromatic N) is 5. The van der Waals surface area contributed by atoms with Crippen LogP contribution in [0.25, 0.3) is 0 Å². The van der Waals surface area contributed by atoms with Gasteiger partial charge in [0.05, 0.1) is 12.2 Å². The molecule has 2 aliphatic rings. The van der Waals surface area contributed by atoms with Gasteiger partial charge in [-0.15, -0.1) is 0 Å². The second-order valence-electron chi connectivity index (χ2n) is 7.95. The van der Waals surface area contributed by atoms with Crippen molar-refractivity contribution in [2.45, 2.75) is 33.0 Å². The summed E-state index contributed by atoms with van der Waals surface area (Å²) in [6, 6.07) is 9.93. The minimum Gasteiger partial charge on any atom is -0.372 e. The van der Waals surface area contributed by atoms with E-state index in [-0.39, 0.29) is 18.1 Å². The first-order valence-corrected chi connectivity index (χ1v) is 10.3. The zero-order chi connectivity index (χ0) is 20.4. The number of morpholine rings is 1. The number of carbonyl (C=O) groups excluding carboxylic acids is 1. The Bertz CT molecular complexity index is 839. The Morgan fingerprint density at radius 3 is 2.24 bits per heavy atom. The summed E-state index contributed by atoms with van der Waals surface area (Å²) in [5, 5.41) is 0. The van der Waals surface area contributed by atoms with Gasteiger partial charge in [0.25, 0.3) is 5.91 Å². The van der Waals surface area contributed by atoms with Crippen molar-refractivity contribution >= 4 is 17.4 Å². The fourth-order valence-electron chi connectivity index (χ4n) is 4.14. The summed E-state index contributed by atoms with van der Waals surface area (Å²) in [5.74, 6) is 1.80. The lowest BCUT2D eigenvalue weighted by Gasteiger charge is -2.37. The Morgan fingerprint density at radius 2 is 1.62 bits per heavy atom. The van der Waals surface area contributed by atoms with Crippen molar-refractivity contribution < 1.29 is 9.53 Å². The third-order valence-corrected chi connectivity index (χ3v) is 5.55. The number of carbonyl (C=O) groups is 1. The van der Waals surface area contributed by atoms with Crippen LogP contribution in [-0.4, -0.2) is 72.3 Å². The monoisotopic (exact) mass is 395 g/mol. The lowest BCUT2D eigenvalue weighted by molar-refractivity contribution is -0.00522. The van der Waals surface area contributed by atoms with Gasteiger partial charge in [-0.05, 0) is 51.1 Å². The standard InChI is InChI=1S/C22H29N5O2/c1-16-14-27(15-17(2)29-16)20-6-4-19(5-7-20)22(28)26-12-10-25(11-13-26)21-8-9-23-18(3)24-21/h4-9,16-17H,10-15H2,1-3H3. The van der Waals surface area contributed by atoms with Crippen LogP contribution in [0.5, 0.6) is 0 Å². The highest BCUT2D eigenvalue weighted by Crippen LogP contribution is 2.22. The minimum absolute atomic E-state index is 0.0961. The molecule has 0 spiro atoms. The van der Waals surface area contributed by atoms with Crippen molar-refractivity contribution in [3.8, 4) is 0 Å². The predicted octanol–water partition coefficient (Wildman–Crippen LogP) is 2.36. The quantitative estimate of drug-likeness (QED) is 0.795. The maximum absolute atomic E-state index is 12.9. The first-order chi connectivity index (χ1) is 14.0. The number of benzene rings is 1. The van der Waals surface area contributed by atoms with E-state index in [2.05, 4.69) is 45.7 Å². The van der Waals surface area contributed by atoms with Gasteiger partial charge in [-0.1, -0.05) is 0 Å². The molecule has 2 aliphatic heterocycles. The zero-order valence-electron chi connectivity index (χ0n) is 17.4. The smallest absolute Gasteiger partial charge is 0.253 e. The SMILES string of the molecule is Cc1nccc(N2CCN(C(=O)c3ccc(N4CC(C)OC(C)C4)cc3)CC2)n1. The molecule has 0 bridgehead atoms. The van der Waals surface area contributed by atoms with Gasteiger partial charge >= 0.3 is 0 Å². The maximum Gasteiger partial charge on any atom is 0.253 e. The van der Waals surface area contributed by atoms with Crippen molar-refractivity contribution in [1.29, 1.82) is 0 Å². The Labute approximate surface area is 172 Å². The van der Waals surface area contributed by atoms with Gasteiger partial charge in [0.1, 0.15) is 11.6 Å². The number of rotatable bonds is 3. The van der Waals surface area contributed by atoms with E-state index < -0.39 is 0 Å². The van der Waals surface area contributed by atoms with Gasteiger partial charge in [-0.2, -0.15) is 0 Å². The number of aryl methyl sites for hydroxylation is 1. The summed E-state index contributed by atoms with van der Waals surface area (Å²) >= 11 is 0. The van der Waals surface area contributed by atoms with Crippen LogP contribution in [-0.2, 0) is 4.74 Å². The van der Waals surface area contributed by atoms with Gasteiger partial charge in [-0.3, -0.25) is 4.79 Å². The Morgan fingerprint density at radius 1 is 0.966 bits per heavy atom. The Balaban J connectivity index is 1.36. The number of piperazine rings is 1. The Hall–Kier alpha value is -2.67. The van der Waals surface area contributed by atoms with Crippen LogP contribution in [0.4, 0.5) is 11.5 Å². The van der Waals surface area contributed by atoms with Crippen LogP contribution in [0.1, 0.15) is 30.0 Å². The molecule has 0 aliphatic carbocycles. The van der Waals surface area contributed by atoms with Gasteiger partial charge in [0, 0.05) is 56.7 Å². The molecule has 7 nitrogen and oxygen atoms in total. The number of hydrogen-bond acceptors (Lipinski definition) is 6. The van der Waals surface area contributed by atoms with E-state index in [4.69, 9.17) is 4.74 Å². The van der Waals surface area contributed by atoms with Crippen molar-refractivity contribution in [3.05, 3.63) is 47.9 Å². The van der Waals surface area contributed by atoms with E-state index in [1.807, 2.05) is 30.0 Å². The van der Waals surface area contributed by atoms with E-state index in [0.717, 1.165) is 49.1 Å². The first kappa shape index (κ1) is 19.6. The molecule has 2 saturated heterocycles. The fourth-order valence-corrected chi connectivity index (χ4v) is 4.14. The van der Waals surface area contributed by atoms with E-state index in [0.29, 0.717) is 13.1 Å². The highest BCUT2D eigenvalue weighted by atomic mass is 16.5. The largest absolute Gasteiger partial charge is 0.372 e. The van der Waals surface area contributed by atoms with Gasteiger partial charge in [0.2, 0.25) is 0 Å². The molecule has 1 amide bonds. The molecule has 4 rings (SSSR count). The number of aromatic nitrogens is 2. The summed E-state index contributed by atoms with van der Waals surface area (Å²) in [7, 11) is 0. The van der Waals surface area contributed by atoms with E-state index in [1.54, 1.807) is 6.20 Å². The third kappa shape index (κ3) is 4.50. The number of anilines is 2. The van der Waals surface area contributed by atoms with Crippen LogP contribution >= 0.6 is 0 Å². The molecule has 1 aromatic carbocycles. The highest BCUT2D eigenvalue weighted by Gasteiger charge is 2.25. The van der Waals surface area contributed by atoms with Crippen molar-refractivity contribution in [2.75, 3.05) is 49.1 Å².